The second kappa shape index (κ2) is 5.83. The van der Waals surface area contributed by atoms with Crippen LogP contribution in [0.2, 0.25) is 0 Å². The molecule has 0 saturated carbocycles. The Balaban J connectivity index is 1.99. The van der Waals surface area contributed by atoms with Gasteiger partial charge in [-0.1, -0.05) is 40.2 Å². The lowest BCUT2D eigenvalue weighted by atomic mass is 10.0. The molecule has 0 radical (unpaired) electrons. The van der Waals surface area contributed by atoms with Gasteiger partial charge in [0.15, 0.2) is 0 Å². The Morgan fingerprint density at radius 3 is 2.48 bits per heavy atom. The fourth-order valence-electron chi connectivity index (χ4n) is 2.49. The molecule has 0 N–H and O–H groups in total. The molecular formula is C15H13Br2NO2S. The van der Waals surface area contributed by atoms with E-state index in [1.807, 2.05) is 24.3 Å². The molecule has 0 bridgehead atoms. The lowest BCUT2D eigenvalue weighted by Gasteiger charge is -2.28. The van der Waals surface area contributed by atoms with Crippen LogP contribution in [0.25, 0.3) is 0 Å². The molecule has 1 heterocycles. The molecule has 0 fully saturated rings. The number of nitrogens with zero attached hydrogens (tertiary/aromatic N) is 1. The molecule has 1 aliphatic heterocycles. The largest absolute Gasteiger partial charge is 0.244 e. The van der Waals surface area contributed by atoms with Crippen LogP contribution in [0.1, 0.15) is 11.1 Å². The summed E-state index contributed by atoms with van der Waals surface area (Å²) in [7, 11) is -3.50. The van der Waals surface area contributed by atoms with Crippen molar-refractivity contribution in [3.05, 3.63) is 62.5 Å². The summed E-state index contributed by atoms with van der Waals surface area (Å²) < 4.78 is 28.6. The molecule has 3 nitrogen and oxygen atoms in total. The highest BCUT2D eigenvalue weighted by atomic mass is 79.9. The summed E-state index contributed by atoms with van der Waals surface area (Å²) in [5.41, 5.74) is 2.32. The van der Waals surface area contributed by atoms with Crippen LogP contribution in [-0.2, 0) is 23.0 Å². The Labute approximate surface area is 141 Å². The van der Waals surface area contributed by atoms with Gasteiger partial charge in [-0.25, -0.2) is 8.42 Å². The number of benzene rings is 2. The minimum Gasteiger partial charge on any atom is -0.207 e. The first-order valence-corrected chi connectivity index (χ1v) is 9.53. The first-order valence-electron chi connectivity index (χ1n) is 6.50. The Morgan fingerprint density at radius 2 is 1.71 bits per heavy atom. The molecule has 0 aliphatic carbocycles. The van der Waals surface area contributed by atoms with Gasteiger partial charge < -0.3 is 0 Å². The van der Waals surface area contributed by atoms with Gasteiger partial charge in [0.2, 0.25) is 10.0 Å². The standard InChI is InChI=1S/C15H13Br2NO2S/c16-13-5-6-14(17)15(9-13)21(19,20)18-8-7-11-3-1-2-4-12(11)10-18/h1-6,9H,7-8,10H2. The molecule has 2 aromatic carbocycles. The van der Waals surface area contributed by atoms with Crippen LogP contribution in [0.15, 0.2) is 56.3 Å². The van der Waals surface area contributed by atoms with Crippen LogP contribution >= 0.6 is 31.9 Å². The maximum Gasteiger partial charge on any atom is 0.244 e. The van der Waals surface area contributed by atoms with E-state index in [0.717, 1.165) is 16.5 Å². The maximum atomic E-state index is 12.8. The molecule has 0 aromatic heterocycles. The molecule has 21 heavy (non-hydrogen) atoms. The molecule has 0 spiro atoms. The normalized spacial score (nSPS) is 15.7. The average molecular weight is 431 g/mol. The summed E-state index contributed by atoms with van der Waals surface area (Å²) in [4.78, 5) is 0.302. The van der Waals surface area contributed by atoms with Crippen LogP contribution < -0.4 is 0 Å². The average Bonchev–Trinajstić information content (AvgIpc) is 2.49. The fourth-order valence-corrected chi connectivity index (χ4v) is 5.37. The van der Waals surface area contributed by atoms with E-state index in [4.69, 9.17) is 0 Å². The van der Waals surface area contributed by atoms with E-state index in [1.165, 1.54) is 5.56 Å². The molecule has 0 atom stereocenters. The third kappa shape index (κ3) is 2.95. The van der Waals surface area contributed by atoms with E-state index in [1.54, 1.807) is 16.4 Å². The second-order valence-electron chi connectivity index (χ2n) is 4.93. The zero-order valence-corrected chi connectivity index (χ0v) is 15.1. The Kier molecular flexibility index (Phi) is 4.23. The summed E-state index contributed by atoms with van der Waals surface area (Å²) in [6.45, 7) is 0.940. The maximum absolute atomic E-state index is 12.8. The Morgan fingerprint density at radius 1 is 1.00 bits per heavy atom. The van der Waals surface area contributed by atoms with Crippen molar-refractivity contribution >= 4 is 41.9 Å². The highest BCUT2D eigenvalue weighted by Gasteiger charge is 2.29. The van der Waals surface area contributed by atoms with Gasteiger partial charge in [0.1, 0.15) is 0 Å². The van der Waals surface area contributed by atoms with Crippen molar-refractivity contribution in [2.45, 2.75) is 17.9 Å². The molecule has 110 valence electrons. The van der Waals surface area contributed by atoms with Gasteiger partial charge in [0.25, 0.3) is 0 Å². The number of rotatable bonds is 2. The van der Waals surface area contributed by atoms with Crippen molar-refractivity contribution in [2.24, 2.45) is 0 Å². The topological polar surface area (TPSA) is 37.4 Å². The van der Waals surface area contributed by atoms with E-state index in [2.05, 4.69) is 37.9 Å². The monoisotopic (exact) mass is 429 g/mol. The third-order valence-corrected chi connectivity index (χ3v) is 6.94. The second-order valence-corrected chi connectivity index (χ2v) is 8.61. The van der Waals surface area contributed by atoms with Crippen molar-refractivity contribution in [1.29, 1.82) is 0 Å². The number of hydrogen-bond donors (Lipinski definition) is 0. The van der Waals surface area contributed by atoms with Crippen LogP contribution in [0.5, 0.6) is 0 Å². The van der Waals surface area contributed by atoms with E-state index >= 15 is 0 Å². The predicted octanol–water partition coefficient (Wildman–Crippen LogP) is 3.96. The Hall–Kier alpha value is -0.690. The van der Waals surface area contributed by atoms with Gasteiger partial charge in [-0.3, -0.25) is 0 Å². The van der Waals surface area contributed by atoms with Crippen molar-refractivity contribution in [2.75, 3.05) is 6.54 Å². The zero-order chi connectivity index (χ0) is 15.0. The van der Waals surface area contributed by atoms with Crippen molar-refractivity contribution in [3.63, 3.8) is 0 Å². The van der Waals surface area contributed by atoms with Gasteiger partial charge >= 0.3 is 0 Å². The van der Waals surface area contributed by atoms with Crippen molar-refractivity contribution in [3.8, 4) is 0 Å². The first-order chi connectivity index (χ1) is 9.98. The number of fused-ring (bicyclic) bond motifs is 1. The lowest BCUT2D eigenvalue weighted by Crippen LogP contribution is -2.36. The minimum absolute atomic E-state index is 0.302. The highest BCUT2D eigenvalue weighted by molar-refractivity contribution is 9.11. The van der Waals surface area contributed by atoms with E-state index < -0.39 is 10.0 Å². The number of hydrogen-bond acceptors (Lipinski definition) is 2. The van der Waals surface area contributed by atoms with E-state index in [9.17, 15) is 8.42 Å². The quantitative estimate of drug-likeness (QED) is 0.723. The first kappa shape index (κ1) is 15.2. The summed E-state index contributed by atoms with van der Waals surface area (Å²) in [5, 5.41) is 0. The number of sulfonamides is 1. The van der Waals surface area contributed by atoms with Gasteiger partial charge in [-0.2, -0.15) is 4.31 Å². The van der Waals surface area contributed by atoms with Crippen molar-refractivity contribution in [1.82, 2.24) is 4.31 Å². The SMILES string of the molecule is O=S(=O)(c1cc(Br)ccc1Br)N1CCc2ccccc2C1. The fraction of sp³-hybridized carbons (Fsp3) is 0.200. The third-order valence-electron chi connectivity index (χ3n) is 3.61. The summed E-state index contributed by atoms with van der Waals surface area (Å²) >= 11 is 6.67. The van der Waals surface area contributed by atoms with Gasteiger partial charge in [0.05, 0.1) is 4.90 Å². The zero-order valence-electron chi connectivity index (χ0n) is 11.1. The molecule has 0 amide bonds. The van der Waals surface area contributed by atoms with Crippen LogP contribution in [0.4, 0.5) is 0 Å². The molecule has 6 heteroatoms. The van der Waals surface area contributed by atoms with Gasteiger partial charge in [-0.05, 0) is 51.7 Å². The molecule has 1 aliphatic rings. The predicted molar refractivity (Wildman–Crippen MR) is 89.6 cm³/mol. The van der Waals surface area contributed by atoms with Crippen LogP contribution in [-0.4, -0.2) is 19.3 Å². The van der Waals surface area contributed by atoms with E-state index in [0.29, 0.717) is 22.5 Å². The summed E-state index contributed by atoms with van der Waals surface area (Å²) in [6.07, 6.45) is 0.751. The van der Waals surface area contributed by atoms with Crippen molar-refractivity contribution < 1.29 is 8.42 Å². The van der Waals surface area contributed by atoms with Gasteiger partial charge in [-0.15, -0.1) is 0 Å². The molecular weight excluding hydrogens is 418 g/mol. The number of halogens is 2. The smallest absolute Gasteiger partial charge is 0.207 e. The molecule has 0 saturated heterocycles. The summed E-state index contributed by atoms with van der Waals surface area (Å²) in [6, 6.07) is 13.2. The van der Waals surface area contributed by atoms with Crippen LogP contribution in [0.3, 0.4) is 0 Å². The summed E-state index contributed by atoms with van der Waals surface area (Å²) in [5.74, 6) is 0. The Bertz CT molecular complexity index is 790. The highest BCUT2D eigenvalue weighted by Crippen LogP contribution is 2.31. The lowest BCUT2D eigenvalue weighted by molar-refractivity contribution is 0.391. The molecule has 0 unspecified atom stereocenters. The van der Waals surface area contributed by atoms with Crippen LogP contribution in [0, 0.1) is 0 Å². The molecule has 2 aromatic rings. The minimum atomic E-state index is -3.50. The molecule has 3 rings (SSSR count). The van der Waals surface area contributed by atoms with E-state index in [-0.39, 0.29) is 0 Å². The van der Waals surface area contributed by atoms with Gasteiger partial charge in [0, 0.05) is 22.0 Å².